The standard InChI is InChI=1S/C19H21N3O4S2/c1-10(7-13-8-14(11(2)23)27-12(13)3)21-16(24)15-9-20-17(28-15)22-18(25)26-19(4,5)6/h7-9,23H,1-3H2,4-6H3,(H,21,24)(H,20,22,25)/b13-7-. The number of hydrogen-bond donors (Lipinski definition) is 3. The second kappa shape index (κ2) is 8.41. The third kappa shape index (κ3) is 6.07. The molecular formula is C19H21N3O4S2. The second-order valence-corrected chi connectivity index (χ2v) is 8.88. The van der Waals surface area contributed by atoms with Gasteiger partial charge in [-0.2, -0.15) is 0 Å². The largest absolute Gasteiger partial charge is 0.507 e. The van der Waals surface area contributed by atoms with Crippen molar-refractivity contribution in [3.63, 3.8) is 0 Å². The zero-order valence-corrected chi connectivity index (χ0v) is 17.4. The fourth-order valence-electron chi connectivity index (χ4n) is 1.97. The van der Waals surface area contributed by atoms with Crippen LogP contribution in [0.4, 0.5) is 9.93 Å². The number of rotatable bonds is 5. The van der Waals surface area contributed by atoms with Crippen LogP contribution in [0.25, 0.3) is 18.4 Å². The number of aliphatic hydroxyl groups is 1. The van der Waals surface area contributed by atoms with E-state index < -0.39 is 17.6 Å². The highest BCUT2D eigenvalue weighted by molar-refractivity contribution is 7.17. The number of allylic oxidation sites excluding steroid dienone is 1. The van der Waals surface area contributed by atoms with E-state index in [1.165, 1.54) is 17.5 Å². The normalized spacial score (nSPS) is 11.8. The number of amides is 2. The zero-order chi connectivity index (χ0) is 21.1. The van der Waals surface area contributed by atoms with Crippen LogP contribution in [0.3, 0.4) is 0 Å². The summed E-state index contributed by atoms with van der Waals surface area (Å²) < 4.78 is 5.85. The molecule has 2 amide bonds. The lowest BCUT2D eigenvalue weighted by Crippen LogP contribution is -2.27. The van der Waals surface area contributed by atoms with E-state index in [4.69, 9.17) is 4.74 Å². The molecule has 9 heteroatoms. The van der Waals surface area contributed by atoms with Crippen molar-refractivity contribution in [1.29, 1.82) is 0 Å². The summed E-state index contributed by atoms with van der Waals surface area (Å²) >= 11 is 2.30. The van der Waals surface area contributed by atoms with Crippen LogP contribution < -0.4 is 20.4 Å². The molecule has 0 unspecified atom stereocenters. The maximum absolute atomic E-state index is 12.3. The van der Waals surface area contributed by atoms with Crippen LogP contribution >= 0.6 is 22.7 Å². The summed E-state index contributed by atoms with van der Waals surface area (Å²) in [5.74, 6) is -0.456. The predicted molar refractivity (Wildman–Crippen MR) is 114 cm³/mol. The molecule has 0 spiro atoms. The number of carbonyl (C=O) groups excluding carboxylic acids is 2. The summed E-state index contributed by atoms with van der Waals surface area (Å²) in [7, 11) is 0. The minimum absolute atomic E-state index is 0.0427. The van der Waals surface area contributed by atoms with Crippen molar-refractivity contribution in [3.05, 3.63) is 50.6 Å². The number of aliphatic hydroxyl groups excluding tert-OH is 1. The van der Waals surface area contributed by atoms with E-state index in [0.717, 1.165) is 16.6 Å². The summed E-state index contributed by atoms with van der Waals surface area (Å²) in [5, 5.41) is 15.6. The minimum Gasteiger partial charge on any atom is -0.507 e. The lowest BCUT2D eigenvalue weighted by atomic mass is 10.2. The molecule has 2 aromatic heterocycles. The third-order valence-electron chi connectivity index (χ3n) is 3.07. The number of thiophene rings is 1. The Labute approximate surface area is 170 Å². The average molecular weight is 420 g/mol. The minimum atomic E-state index is -0.645. The Hall–Kier alpha value is -2.91. The molecular weight excluding hydrogens is 398 g/mol. The van der Waals surface area contributed by atoms with Gasteiger partial charge in [-0.3, -0.25) is 10.1 Å². The molecule has 7 nitrogen and oxygen atoms in total. The van der Waals surface area contributed by atoms with Gasteiger partial charge in [-0.05, 0) is 38.1 Å². The molecule has 0 aliphatic rings. The van der Waals surface area contributed by atoms with Crippen molar-refractivity contribution < 1.29 is 19.4 Å². The summed E-state index contributed by atoms with van der Waals surface area (Å²) in [4.78, 5) is 29.0. The van der Waals surface area contributed by atoms with E-state index in [2.05, 4.69) is 35.4 Å². The first-order chi connectivity index (χ1) is 12.9. The molecule has 2 rings (SSSR count). The number of anilines is 1. The number of hydrogen-bond acceptors (Lipinski definition) is 7. The first-order valence-corrected chi connectivity index (χ1v) is 9.73. The number of nitrogens with zero attached hydrogens (tertiary/aromatic N) is 1. The van der Waals surface area contributed by atoms with Crippen molar-refractivity contribution in [2.24, 2.45) is 0 Å². The van der Waals surface area contributed by atoms with Crippen molar-refractivity contribution in [1.82, 2.24) is 10.3 Å². The molecule has 0 fully saturated rings. The van der Waals surface area contributed by atoms with Gasteiger partial charge in [-0.1, -0.05) is 31.1 Å². The average Bonchev–Trinajstić information content (AvgIpc) is 3.13. The van der Waals surface area contributed by atoms with Crippen LogP contribution in [0.1, 0.15) is 35.3 Å². The molecule has 3 N–H and O–H groups in total. The number of thiazole rings is 1. The number of aromatic nitrogens is 1. The molecule has 148 valence electrons. The van der Waals surface area contributed by atoms with E-state index in [1.54, 1.807) is 32.9 Å². The lowest BCUT2D eigenvalue weighted by Gasteiger charge is -2.18. The van der Waals surface area contributed by atoms with Gasteiger partial charge in [-0.15, -0.1) is 11.3 Å². The highest BCUT2D eigenvalue weighted by Gasteiger charge is 2.18. The van der Waals surface area contributed by atoms with Crippen LogP contribution in [0, 0.1) is 0 Å². The van der Waals surface area contributed by atoms with Crippen molar-refractivity contribution in [2.45, 2.75) is 26.4 Å². The first-order valence-electron chi connectivity index (χ1n) is 8.09. The topological polar surface area (TPSA) is 101 Å². The third-order valence-corrected chi connectivity index (χ3v) is 5.03. The van der Waals surface area contributed by atoms with E-state index in [-0.39, 0.29) is 10.9 Å². The van der Waals surface area contributed by atoms with Gasteiger partial charge in [0, 0.05) is 10.2 Å². The highest BCUT2D eigenvalue weighted by Crippen LogP contribution is 2.19. The zero-order valence-electron chi connectivity index (χ0n) is 15.8. The fraction of sp³-hybridized carbons (Fsp3) is 0.211. The molecule has 0 saturated carbocycles. The number of carbonyl (C=O) groups is 2. The Kier molecular flexibility index (Phi) is 6.42. The van der Waals surface area contributed by atoms with Crippen molar-refractivity contribution >= 4 is 58.2 Å². The number of nitrogens with one attached hydrogen (secondary N) is 2. The molecule has 2 heterocycles. The SMILES string of the molecule is C=C(/C=c1/cc(C(=C)O)sc1=C)NC(=O)c1cnc(NC(=O)OC(C)(C)C)s1. The molecule has 0 radical (unpaired) electrons. The van der Waals surface area contributed by atoms with E-state index in [0.29, 0.717) is 20.0 Å². The Morgan fingerprint density at radius 2 is 1.93 bits per heavy atom. The van der Waals surface area contributed by atoms with Gasteiger partial charge in [0.15, 0.2) is 5.13 Å². The summed E-state index contributed by atoms with van der Waals surface area (Å²) in [5.41, 5.74) is -0.288. The smallest absolute Gasteiger partial charge is 0.413 e. The van der Waals surface area contributed by atoms with Gasteiger partial charge in [0.05, 0.1) is 11.1 Å². The molecule has 0 aliphatic carbocycles. The maximum Gasteiger partial charge on any atom is 0.413 e. The molecule has 2 aromatic rings. The number of ether oxygens (including phenoxy) is 1. The quantitative estimate of drug-likeness (QED) is 0.646. The van der Waals surface area contributed by atoms with E-state index in [9.17, 15) is 14.7 Å². The Morgan fingerprint density at radius 1 is 1.25 bits per heavy atom. The highest BCUT2D eigenvalue weighted by atomic mass is 32.1. The summed E-state index contributed by atoms with van der Waals surface area (Å²) in [6, 6.07) is 1.71. The molecule has 28 heavy (non-hydrogen) atoms. The first kappa shape index (κ1) is 21.4. The molecule has 0 atom stereocenters. The van der Waals surface area contributed by atoms with E-state index in [1.807, 2.05) is 0 Å². The Balaban J connectivity index is 2.04. The van der Waals surface area contributed by atoms with Crippen LogP contribution in [0.15, 0.2) is 31.1 Å². The van der Waals surface area contributed by atoms with Crippen LogP contribution in [-0.4, -0.2) is 27.7 Å². The van der Waals surface area contributed by atoms with E-state index >= 15 is 0 Å². The Bertz CT molecular complexity index is 1040. The fourth-order valence-corrected chi connectivity index (χ4v) is 3.47. The van der Waals surface area contributed by atoms with Crippen LogP contribution in [0.2, 0.25) is 0 Å². The Morgan fingerprint density at radius 3 is 2.50 bits per heavy atom. The van der Waals surface area contributed by atoms with Gasteiger partial charge < -0.3 is 15.2 Å². The monoisotopic (exact) mass is 419 g/mol. The van der Waals surface area contributed by atoms with Crippen molar-refractivity contribution in [3.8, 4) is 0 Å². The van der Waals surface area contributed by atoms with Crippen LogP contribution in [0.5, 0.6) is 0 Å². The predicted octanol–water partition coefficient (Wildman–Crippen LogP) is 3.21. The van der Waals surface area contributed by atoms with Gasteiger partial charge in [0.1, 0.15) is 16.2 Å². The van der Waals surface area contributed by atoms with Crippen LogP contribution in [-0.2, 0) is 4.74 Å². The van der Waals surface area contributed by atoms with Gasteiger partial charge in [-0.25, -0.2) is 9.78 Å². The molecule has 0 saturated heterocycles. The molecule has 0 aromatic carbocycles. The maximum atomic E-state index is 12.3. The van der Waals surface area contributed by atoms with Gasteiger partial charge >= 0.3 is 6.09 Å². The van der Waals surface area contributed by atoms with Gasteiger partial charge in [0.2, 0.25) is 0 Å². The summed E-state index contributed by atoms with van der Waals surface area (Å²) in [6.45, 7) is 16.4. The molecule has 0 bridgehead atoms. The van der Waals surface area contributed by atoms with Gasteiger partial charge in [0.25, 0.3) is 5.91 Å². The van der Waals surface area contributed by atoms with Crippen molar-refractivity contribution in [2.75, 3.05) is 5.32 Å². The second-order valence-electron chi connectivity index (χ2n) is 6.72. The lowest BCUT2D eigenvalue weighted by molar-refractivity contribution is 0.0635. The summed E-state index contributed by atoms with van der Waals surface area (Å²) in [6.07, 6.45) is 2.35. The molecule has 0 aliphatic heterocycles.